The van der Waals surface area contributed by atoms with Gasteiger partial charge in [0.25, 0.3) is 11.9 Å². The van der Waals surface area contributed by atoms with Crippen LogP contribution in [0.2, 0.25) is 10.0 Å². The summed E-state index contributed by atoms with van der Waals surface area (Å²) in [4.78, 5) is 27.8. The van der Waals surface area contributed by atoms with Crippen molar-refractivity contribution in [2.75, 3.05) is 19.1 Å². The Morgan fingerprint density at radius 1 is 1.25 bits per heavy atom. The summed E-state index contributed by atoms with van der Waals surface area (Å²) in [5, 5.41) is 15.1. The lowest BCUT2D eigenvalue weighted by atomic mass is 10.2. The Bertz CT molecular complexity index is 1390. The number of halogens is 2. The molecule has 1 aromatic heterocycles. The van der Waals surface area contributed by atoms with E-state index in [2.05, 4.69) is 20.2 Å². The number of nitriles is 1. The Morgan fingerprint density at radius 2 is 1.97 bits per heavy atom. The van der Waals surface area contributed by atoms with Crippen molar-refractivity contribution in [3.05, 3.63) is 40.4 Å². The second-order valence-electron chi connectivity index (χ2n) is 7.58. The first kappa shape index (κ1) is 25.1. The molecule has 0 unspecified atom stereocenters. The van der Waals surface area contributed by atoms with Crippen LogP contribution in [0.25, 0.3) is 11.0 Å². The maximum atomic E-state index is 12.0. The van der Waals surface area contributed by atoms with Gasteiger partial charge < -0.3 is 14.2 Å². The molecule has 11 nitrogen and oxygen atoms in total. The molecule has 4 rings (SSSR count). The van der Waals surface area contributed by atoms with Gasteiger partial charge in [0.15, 0.2) is 5.75 Å². The van der Waals surface area contributed by atoms with Crippen molar-refractivity contribution in [3.8, 4) is 23.6 Å². The van der Waals surface area contributed by atoms with Crippen molar-refractivity contribution < 1.29 is 23.8 Å². The first-order valence-electron chi connectivity index (χ1n) is 10.8. The molecule has 1 fully saturated rings. The zero-order valence-electron chi connectivity index (χ0n) is 19.2. The number of carbonyl (C=O) groups excluding carboxylic acids is 2. The van der Waals surface area contributed by atoms with Crippen molar-refractivity contribution in [3.63, 3.8) is 0 Å². The third-order valence-corrected chi connectivity index (χ3v) is 5.61. The van der Waals surface area contributed by atoms with Crippen LogP contribution in [0, 0.1) is 11.3 Å². The Balaban J connectivity index is 1.52. The van der Waals surface area contributed by atoms with E-state index in [1.165, 1.54) is 12.1 Å². The number of hydrogen-bond donors (Lipinski definition) is 2. The second-order valence-corrected chi connectivity index (χ2v) is 8.39. The molecular weight excluding hydrogens is 511 g/mol. The molecule has 2 N–H and O–H groups in total. The van der Waals surface area contributed by atoms with Gasteiger partial charge in [-0.25, -0.2) is 4.79 Å². The van der Waals surface area contributed by atoms with Crippen LogP contribution in [0.15, 0.2) is 35.4 Å². The number of aromatic nitrogens is 2. The number of methoxy groups -OCH3 is 1. The van der Waals surface area contributed by atoms with Crippen LogP contribution in [0.1, 0.15) is 25.8 Å². The largest absolute Gasteiger partial charge is 0.468 e. The van der Waals surface area contributed by atoms with E-state index in [9.17, 15) is 9.59 Å². The quantitative estimate of drug-likeness (QED) is 0.304. The molecule has 1 aliphatic carbocycles. The molecule has 0 spiro atoms. The summed E-state index contributed by atoms with van der Waals surface area (Å²) in [7, 11) is 1.59. The van der Waals surface area contributed by atoms with Gasteiger partial charge in [-0.1, -0.05) is 23.2 Å². The number of benzene rings is 2. The van der Waals surface area contributed by atoms with Gasteiger partial charge in [0, 0.05) is 12.1 Å². The monoisotopic (exact) mass is 530 g/mol. The smallest absolute Gasteiger partial charge is 0.414 e. The lowest BCUT2D eigenvalue weighted by molar-refractivity contribution is -0.114. The molecule has 0 radical (unpaired) electrons. The molecule has 13 heteroatoms. The van der Waals surface area contributed by atoms with Crippen LogP contribution in [-0.2, 0) is 9.53 Å². The molecule has 186 valence electrons. The second kappa shape index (κ2) is 10.7. The fourth-order valence-corrected chi connectivity index (χ4v) is 3.91. The molecule has 0 saturated heterocycles. The number of nitrogens with zero attached hydrogens (tertiary/aromatic N) is 4. The summed E-state index contributed by atoms with van der Waals surface area (Å²) < 4.78 is 18.0. The number of anilines is 1. The van der Waals surface area contributed by atoms with E-state index in [1.54, 1.807) is 26.2 Å². The number of alkyl carbamates (subject to hydrolysis) is 1. The van der Waals surface area contributed by atoms with Crippen molar-refractivity contribution in [2.24, 2.45) is 5.10 Å². The van der Waals surface area contributed by atoms with Crippen molar-refractivity contribution in [2.45, 2.75) is 25.8 Å². The Kier molecular flexibility index (Phi) is 7.47. The molecular formula is C23H20Cl2N6O5. The summed E-state index contributed by atoms with van der Waals surface area (Å²) >= 11 is 12.8. The number of carbonyl (C=O) groups is 2. The van der Waals surface area contributed by atoms with E-state index in [4.69, 9.17) is 37.9 Å². The van der Waals surface area contributed by atoms with Crippen molar-refractivity contribution in [1.29, 1.82) is 5.26 Å². The number of hydrogen-bond acceptors (Lipinski definition) is 9. The molecule has 0 aliphatic heterocycles. The van der Waals surface area contributed by atoms with Gasteiger partial charge in [0.05, 0.1) is 40.5 Å². The van der Waals surface area contributed by atoms with Gasteiger partial charge in [-0.15, -0.1) is 0 Å². The minimum Gasteiger partial charge on any atom is -0.468 e. The van der Waals surface area contributed by atoms with Crippen LogP contribution in [0.4, 0.5) is 10.5 Å². The van der Waals surface area contributed by atoms with Crippen LogP contribution < -0.4 is 20.2 Å². The van der Waals surface area contributed by atoms with Gasteiger partial charge in [-0.2, -0.15) is 15.3 Å². The molecule has 2 aromatic carbocycles. The topological polar surface area (TPSA) is 140 Å². The zero-order chi connectivity index (χ0) is 25.8. The van der Waals surface area contributed by atoms with Crippen molar-refractivity contribution >= 4 is 57.6 Å². The van der Waals surface area contributed by atoms with Crippen LogP contribution in [0.3, 0.4) is 0 Å². The number of ether oxygens (including phenoxy) is 3. The van der Waals surface area contributed by atoms with E-state index in [1.807, 2.05) is 22.0 Å². The molecule has 1 aliphatic rings. The molecule has 3 aromatic rings. The predicted molar refractivity (Wildman–Crippen MR) is 133 cm³/mol. The molecule has 1 saturated carbocycles. The number of fused-ring (bicyclic) bond motifs is 1. The van der Waals surface area contributed by atoms with Crippen LogP contribution in [-0.4, -0.2) is 41.0 Å². The lowest BCUT2D eigenvalue weighted by Gasteiger charge is -2.12. The van der Waals surface area contributed by atoms with Gasteiger partial charge in [-0.3, -0.25) is 20.1 Å². The minimum absolute atomic E-state index is 0.0635. The lowest BCUT2D eigenvalue weighted by Crippen LogP contribution is -2.36. The third kappa shape index (κ3) is 5.45. The standard InChI is InChI=1S/C23H20Cl2N6O5/c1-3-35-23(33)28-21(32)18(11-26)30-29-12-8-15(24)20(16(25)9-12)36-14-6-7-17-19(10-14)31(13-4-5-13)22(27-17)34-2/h6-10,13,29H,3-5H2,1-2H3,(H,28,32,33)/b30-18+. The Hall–Kier alpha value is -4.01. The number of nitrogens with one attached hydrogen (secondary N) is 2. The van der Waals surface area contributed by atoms with E-state index in [-0.39, 0.29) is 28.1 Å². The normalized spacial score (nSPS) is 13.1. The van der Waals surface area contributed by atoms with Crippen LogP contribution >= 0.6 is 23.2 Å². The number of imidazole rings is 1. The molecule has 36 heavy (non-hydrogen) atoms. The SMILES string of the molecule is CCOC(=O)NC(=O)/C(C#N)=N/Nc1cc(Cl)c(Oc2ccc3nc(OC)n(C4CC4)c3c2)c(Cl)c1. The van der Waals surface area contributed by atoms with Crippen molar-refractivity contribution in [1.82, 2.24) is 14.9 Å². The number of imide groups is 1. The van der Waals surface area contributed by atoms with Gasteiger partial charge in [0.1, 0.15) is 11.8 Å². The van der Waals surface area contributed by atoms with E-state index < -0.39 is 17.7 Å². The molecule has 1 heterocycles. The zero-order valence-corrected chi connectivity index (χ0v) is 20.7. The van der Waals surface area contributed by atoms with Gasteiger partial charge >= 0.3 is 6.09 Å². The van der Waals surface area contributed by atoms with Gasteiger partial charge in [-0.05, 0) is 44.0 Å². The average molecular weight is 531 g/mol. The van der Waals surface area contributed by atoms with E-state index >= 15 is 0 Å². The average Bonchev–Trinajstić information content (AvgIpc) is 3.61. The van der Waals surface area contributed by atoms with Crippen LogP contribution in [0.5, 0.6) is 17.5 Å². The first-order chi connectivity index (χ1) is 17.3. The Labute approximate surface area is 215 Å². The summed E-state index contributed by atoms with van der Waals surface area (Å²) in [6.07, 6.45) is 1.12. The first-order valence-corrected chi connectivity index (χ1v) is 11.5. The summed E-state index contributed by atoms with van der Waals surface area (Å²) in [6, 6.07) is 10.8. The summed E-state index contributed by atoms with van der Waals surface area (Å²) in [6.45, 7) is 1.64. The molecule has 0 atom stereocenters. The highest BCUT2D eigenvalue weighted by Gasteiger charge is 2.29. The molecule has 2 amide bonds. The number of rotatable bonds is 8. The maximum Gasteiger partial charge on any atom is 0.414 e. The number of hydrazone groups is 1. The summed E-state index contributed by atoms with van der Waals surface area (Å²) in [5.74, 6) is -0.327. The fraction of sp³-hybridized carbons (Fsp3) is 0.261. The molecule has 0 bridgehead atoms. The third-order valence-electron chi connectivity index (χ3n) is 5.05. The summed E-state index contributed by atoms with van der Waals surface area (Å²) in [5.41, 5.74) is 3.84. The highest BCUT2D eigenvalue weighted by Crippen LogP contribution is 2.43. The highest BCUT2D eigenvalue weighted by atomic mass is 35.5. The van der Waals surface area contributed by atoms with E-state index in [0.717, 1.165) is 23.9 Å². The van der Waals surface area contributed by atoms with E-state index in [0.29, 0.717) is 17.8 Å². The van der Waals surface area contributed by atoms with Gasteiger partial charge in [0.2, 0.25) is 5.71 Å². The minimum atomic E-state index is -1.03. The maximum absolute atomic E-state index is 12.0. The Morgan fingerprint density at radius 3 is 2.58 bits per heavy atom. The fourth-order valence-electron chi connectivity index (χ4n) is 3.35. The highest BCUT2D eigenvalue weighted by molar-refractivity contribution is 6.47. The predicted octanol–water partition coefficient (Wildman–Crippen LogP) is 5.04. The number of amides is 2.